The summed E-state index contributed by atoms with van der Waals surface area (Å²) in [4.78, 5) is 12.5. The molecule has 0 aromatic heterocycles. The number of carbonyl (C=O) groups is 1. The monoisotopic (exact) mass is 798 g/mol. The molecule has 0 rings (SSSR count). The van der Waals surface area contributed by atoms with Gasteiger partial charge in [-0.05, 0) is 26.9 Å². The third kappa shape index (κ3) is 46.9. The van der Waals surface area contributed by atoms with Crippen molar-refractivity contribution in [1.82, 2.24) is 4.90 Å². The van der Waals surface area contributed by atoms with Crippen LogP contribution in [-0.4, -0.2) is 219 Å². The number of hydrogen-bond acceptors (Lipinski definition) is 14. The van der Waals surface area contributed by atoms with E-state index in [0.29, 0.717) is 25.8 Å². The molecule has 0 aliphatic carbocycles. The predicted octanol–water partition coefficient (Wildman–Crippen LogP) is -0.777. The van der Waals surface area contributed by atoms with Crippen LogP contribution in [0.25, 0.3) is 0 Å². The van der Waals surface area contributed by atoms with Crippen LogP contribution in [0.15, 0.2) is 13.2 Å². The van der Waals surface area contributed by atoms with Crippen molar-refractivity contribution in [1.29, 1.82) is 0 Å². The molecule has 0 radical (unpaired) electrons. The molecule has 0 heterocycles. The molecular formula is C34H79N3O13SSi. The van der Waals surface area contributed by atoms with E-state index in [-0.39, 0.29) is 36.4 Å². The Kier molecular flexibility index (Phi) is 38.5. The van der Waals surface area contributed by atoms with E-state index in [4.69, 9.17) is 19.3 Å². The highest BCUT2D eigenvalue weighted by atomic mass is 32.2. The van der Waals surface area contributed by atoms with Crippen LogP contribution in [-0.2, 0) is 33.9 Å². The van der Waals surface area contributed by atoms with E-state index in [1.54, 1.807) is 21.2 Å². The van der Waals surface area contributed by atoms with Gasteiger partial charge in [-0.2, -0.15) is 0 Å². The second kappa shape index (κ2) is 33.3. The van der Waals surface area contributed by atoms with Crippen LogP contribution in [0, 0.1) is 0 Å². The molecule has 16 nitrogen and oxygen atoms in total. The molecular weight excluding hydrogens is 719 g/mol. The lowest BCUT2D eigenvalue weighted by Gasteiger charge is -2.35. The SMILES string of the molecule is C=C.CCN(CC)CC(O)COC[Si](C)(C)C.COCC(O)CS(=O)(=O)[O-].COCC(O)C[N+](C)(C)C(C)C.COCC(O)C[N+](C)(C)CC(=O)[O-]. The number of hydrogen-bond donors (Lipinski definition) is 4. The summed E-state index contributed by atoms with van der Waals surface area (Å²) in [7, 11) is 6.61. The number of likely N-dealkylation sites (N-methyl/N-ethyl adjacent to an activating group) is 3. The van der Waals surface area contributed by atoms with Crippen molar-refractivity contribution in [2.45, 2.75) is 77.8 Å². The van der Waals surface area contributed by atoms with Crippen LogP contribution >= 0.6 is 0 Å². The maximum atomic E-state index is 10.3. The fourth-order valence-electron chi connectivity index (χ4n) is 4.04. The molecule has 18 heteroatoms. The van der Waals surface area contributed by atoms with Crippen molar-refractivity contribution in [3.8, 4) is 0 Å². The molecule has 4 unspecified atom stereocenters. The molecule has 0 saturated carbocycles. The highest BCUT2D eigenvalue weighted by Gasteiger charge is 2.24. The molecule has 0 fully saturated rings. The largest absolute Gasteiger partial charge is 0.748 e. The Morgan fingerprint density at radius 1 is 0.788 bits per heavy atom. The van der Waals surface area contributed by atoms with E-state index in [2.05, 4.69) is 84.2 Å². The summed E-state index contributed by atoms with van der Waals surface area (Å²) >= 11 is 0. The van der Waals surface area contributed by atoms with Gasteiger partial charge in [0.15, 0.2) is 0 Å². The minimum Gasteiger partial charge on any atom is -0.748 e. The summed E-state index contributed by atoms with van der Waals surface area (Å²) in [6, 6.07) is 0.525. The molecule has 0 spiro atoms. The second-order valence-corrected chi connectivity index (χ2v) is 21.8. The normalized spacial score (nSPS) is 14.2. The Hall–Kier alpha value is -1.10. The fourth-order valence-corrected chi connectivity index (χ4v) is 5.34. The number of aliphatic hydroxyl groups excluding tert-OH is 4. The van der Waals surface area contributed by atoms with Gasteiger partial charge in [0, 0.05) is 34.1 Å². The molecule has 0 aromatic carbocycles. The first-order valence-corrected chi connectivity index (χ1v) is 22.7. The number of methoxy groups -OCH3 is 3. The number of carboxylic acids is 1. The average Bonchev–Trinajstić information content (AvgIpc) is 2.95. The smallest absolute Gasteiger partial charge is 0.126 e. The number of ether oxygens (including phenoxy) is 4. The highest BCUT2D eigenvalue weighted by Crippen LogP contribution is 2.07. The van der Waals surface area contributed by atoms with Gasteiger partial charge in [0.05, 0.1) is 103 Å². The quantitative estimate of drug-likeness (QED) is 0.0432. The van der Waals surface area contributed by atoms with Crippen molar-refractivity contribution in [2.24, 2.45) is 0 Å². The highest BCUT2D eigenvalue weighted by molar-refractivity contribution is 7.85. The minimum atomic E-state index is -4.33. The number of carbonyl (C=O) groups excluding carboxylic acids is 1. The van der Waals surface area contributed by atoms with E-state index >= 15 is 0 Å². The topological polar surface area (TPSA) is 218 Å². The molecule has 0 amide bonds. The molecule has 4 N–H and O–H groups in total. The van der Waals surface area contributed by atoms with E-state index in [9.17, 15) is 38.2 Å². The number of aliphatic carboxylic acids is 1. The van der Waals surface area contributed by atoms with Crippen LogP contribution in [0.4, 0.5) is 0 Å². The molecule has 4 atom stereocenters. The Bertz CT molecular complexity index is 936. The van der Waals surface area contributed by atoms with Crippen LogP contribution in [0.2, 0.25) is 19.6 Å². The third-order valence-corrected chi connectivity index (χ3v) is 8.89. The Labute approximate surface area is 317 Å². The lowest BCUT2D eigenvalue weighted by atomic mass is 10.2. The summed E-state index contributed by atoms with van der Waals surface area (Å²) < 4.78 is 50.4. The number of nitrogens with zero attached hydrogens (tertiary/aromatic N) is 3. The van der Waals surface area contributed by atoms with Crippen molar-refractivity contribution in [2.75, 3.05) is 127 Å². The Morgan fingerprint density at radius 2 is 1.19 bits per heavy atom. The second-order valence-electron chi connectivity index (χ2n) is 15.0. The molecule has 52 heavy (non-hydrogen) atoms. The molecule has 0 aliphatic rings. The van der Waals surface area contributed by atoms with Gasteiger partial charge in [-0.3, -0.25) is 0 Å². The summed E-state index contributed by atoms with van der Waals surface area (Å²) in [5, 5.41) is 47.6. The fraction of sp³-hybridized carbons (Fsp3) is 0.912. The van der Waals surface area contributed by atoms with Crippen LogP contribution < -0.4 is 5.11 Å². The Morgan fingerprint density at radius 3 is 1.52 bits per heavy atom. The van der Waals surface area contributed by atoms with Gasteiger partial charge in [0.2, 0.25) is 0 Å². The minimum absolute atomic E-state index is 0.110. The number of rotatable bonds is 23. The number of carboxylic acid groups (broad SMARTS) is 1. The third-order valence-electron chi connectivity index (χ3n) is 7.02. The maximum absolute atomic E-state index is 10.3. The van der Waals surface area contributed by atoms with Crippen molar-refractivity contribution < 1.29 is 71.2 Å². The molecule has 0 saturated heterocycles. The van der Waals surface area contributed by atoms with Crippen molar-refractivity contribution in [3.05, 3.63) is 13.2 Å². The molecule has 0 bridgehead atoms. The molecule has 0 aromatic rings. The van der Waals surface area contributed by atoms with Gasteiger partial charge >= 0.3 is 0 Å². The van der Waals surface area contributed by atoms with E-state index in [1.807, 2.05) is 0 Å². The van der Waals surface area contributed by atoms with E-state index < -0.39 is 42.1 Å². The van der Waals surface area contributed by atoms with Gasteiger partial charge in [-0.25, -0.2) is 8.42 Å². The van der Waals surface area contributed by atoms with Gasteiger partial charge in [-0.15, -0.1) is 13.2 Å². The molecule has 0 aliphatic heterocycles. The Balaban J connectivity index is -0.000000187. The van der Waals surface area contributed by atoms with Crippen LogP contribution in [0.3, 0.4) is 0 Å². The standard InChI is InChI=1S/C11H27NO2Si.C9H22NO2.C8H17NO4.C4H10O5S.C2H4/c1-6-12(7-2)8-11(13)9-14-10-15(3,4)5;1-8(2)10(3,4)6-9(11)7-12-5;1-9(2,5-8(11)12)4-7(10)6-13-3;1-9-2-4(5)3-10(6,7)8;1-2/h11,13H,6-10H2,1-5H3;8-9,11H,6-7H2,1-5H3;7,10H,4-6H2,1-3H3;4-5H,2-3H2,1H3,(H,6,7,8);1-2H2/q;+1;;;/p-1. The summed E-state index contributed by atoms with van der Waals surface area (Å²) in [5.41, 5.74) is 0. The first-order chi connectivity index (χ1) is 23.6. The van der Waals surface area contributed by atoms with E-state index in [0.717, 1.165) is 36.9 Å². The number of aliphatic hydroxyl groups is 4. The first kappa shape index (κ1) is 60.2. The summed E-state index contributed by atoms with van der Waals surface area (Å²) in [6.07, 6.45) is -1.72. The zero-order valence-electron chi connectivity index (χ0n) is 35.0. The molecule has 318 valence electrons. The predicted molar refractivity (Wildman–Crippen MR) is 206 cm³/mol. The van der Waals surface area contributed by atoms with E-state index in [1.165, 1.54) is 14.2 Å². The lowest BCUT2D eigenvalue weighted by molar-refractivity contribution is -0.914. The van der Waals surface area contributed by atoms with Gasteiger partial charge in [-0.1, -0.05) is 33.5 Å². The first-order valence-electron chi connectivity index (χ1n) is 17.4. The maximum Gasteiger partial charge on any atom is 0.126 e. The zero-order chi connectivity index (χ0) is 42.4. The van der Waals surface area contributed by atoms with Crippen LogP contribution in [0.1, 0.15) is 27.7 Å². The zero-order valence-corrected chi connectivity index (χ0v) is 36.8. The van der Waals surface area contributed by atoms with Crippen molar-refractivity contribution >= 4 is 24.2 Å². The number of quaternary nitrogens is 2. The summed E-state index contributed by atoms with van der Waals surface area (Å²) in [6.45, 7) is 26.0. The van der Waals surface area contributed by atoms with Gasteiger partial charge in [0.25, 0.3) is 0 Å². The van der Waals surface area contributed by atoms with Gasteiger partial charge < -0.3 is 67.7 Å². The van der Waals surface area contributed by atoms with Crippen molar-refractivity contribution in [3.63, 3.8) is 0 Å². The summed E-state index contributed by atoms with van der Waals surface area (Å²) in [5.74, 6) is -1.91. The lowest BCUT2D eigenvalue weighted by Crippen LogP contribution is -2.52. The van der Waals surface area contributed by atoms with Crippen LogP contribution in [0.5, 0.6) is 0 Å². The van der Waals surface area contributed by atoms with Gasteiger partial charge in [0.1, 0.15) is 31.8 Å². The average molecular weight is 798 g/mol.